The molecule has 4 heteroatoms. The Morgan fingerprint density at radius 3 is 3.00 bits per heavy atom. The molecule has 0 spiro atoms. The topological polar surface area (TPSA) is 29.5 Å². The second kappa shape index (κ2) is 3.94. The molecule has 0 saturated heterocycles. The summed E-state index contributed by atoms with van der Waals surface area (Å²) in [6.45, 7) is 2.64. The molecule has 2 rings (SSSR count). The molecule has 1 aromatic carbocycles. The van der Waals surface area contributed by atoms with Gasteiger partial charge in [-0.25, -0.2) is 0 Å². The van der Waals surface area contributed by atoms with Crippen LogP contribution in [0.2, 0.25) is 0 Å². The Bertz CT molecular complexity index is 464. The van der Waals surface area contributed by atoms with Crippen molar-refractivity contribution in [1.82, 2.24) is 0 Å². The summed E-state index contributed by atoms with van der Waals surface area (Å²) < 4.78 is 7.75. The van der Waals surface area contributed by atoms with Crippen molar-refractivity contribution in [2.45, 2.75) is 6.92 Å². The van der Waals surface area contributed by atoms with Crippen molar-refractivity contribution in [3.63, 3.8) is 0 Å². The van der Waals surface area contributed by atoms with Crippen LogP contribution in [0.4, 0.5) is 0 Å². The van der Waals surface area contributed by atoms with E-state index in [-0.39, 0.29) is 0 Å². The highest BCUT2D eigenvalue weighted by molar-refractivity contribution is 14.1. The monoisotopic (exact) mass is 320 g/mol. The van der Waals surface area contributed by atoms with Crippen molar-refractivity contribution in [2.24, 2.45) is 0 Å². The van der Waals surface area contributed by atoms with Crippen LogP contribution in [-0.2, 0) is 0 Å². The molecule has 14 heavy (non-hydrogen) atoms. The number of benzene rings is 1. The highest BCUT2D eigenvalue weighted by Gasteiger charge is 2.10. The third kappa shape index (κ3) is 1.68. The summed E-state index contributed by atoms with van der Waals surface area (Å²) in [6, 6.07) is 5.35. The largest absolute Gasteiger partial charge is 0.508 e. The fraction of sp³-hybridized carbons (Fsp3) is 0.200. The van der Waals surface area contributed by atoms with Gasteiger partial charge in [0, 0.05) is 10.1 Å². The van der Waals surface area contributed by atoms with Crippen LogP contribution in [0, 0.1) is 2.88 Å². The molecule has 0 saturated carbocycles. The zero-order chi connectivity index (χ0) is 10.1. The average molecular weight is 320 g/mol. The third-order valence-electron chi connectivity index (χ3n) is 1.88. The van der Waals surface area contributed by atoms with E-state index in [0.717, 1.165) is 18.7 Å². The maximum atomic E-state index is 9.32. The number of phenols is 1. The number of rotatable bonds is 2. The number of hydrogen-bond donors (Lipinski definition) is 1. The Balaban J connectivity index is 2.64. The van der Waals surface area contributed by atoms with Crippen molar-refractivity contribution in [1.29, 1.82) is 0 Å². The molecule has 0 fully saturated rings. The van der Waals surface area contributed by atoms with E-state index in [9.17, 15) is 5.11 Å². The molecule has 0 amide bonds. The Hall–Kier alpha value is -0.490. The van der Waals surface area contributed by atoms with Gasteiger partial charge in [-0.1, -0.05) is 0 Å². The van der Waals surface area contributed by atoms with Gasteiger partial charge in [0.1, 0.15) is 8.63 Å². The van der Waals surface area contributed by atoms with E-state index in [1.54, 1.807) is 23.5 Å². The predicted octanol–water partition coefficient (Wildman–Crippen LogP) is 3.61. The SMILES string of the molecule is CCOc1c(I)sc2cc(O)ccc12. The molecular weight excluding hydrogens is 311 g/mol. The average Bonchev–Trinajstić information content (AvgIpc) is 2.43. The van der Waals surface area contributed by atoms with Gasteiger partial charge in [-0.3, -0.25) is 0 Å². The minimum Gasteiger partial charge on any atom is -0.508 e. The molecule has 1 N–H and O–H groups in total. The lowest BCUT2D eigenvalue weighted by Gasteiger charge is -2.01. The Morgan fingerprint density at radius 2 is 2.29 bits per heavy atom. The highest BCUT2D eigenvalue weighted by Crippen LogP contribution is 2.39. The number of ether oxygens (including phenoxy) is 1. The maximum absolute atomic E-state index is 9.32. The molecule has 74 valence electrons. The van der Waals surface area contributed by atoms with E-state index < -0.39 is 0 Å². The number of phenolic OH excluding ortho intramolecular Hbond substituents is 1. The lowest BCUT2D eigenvalue weighted by molar-refractivity contribution is 0.343. The van der Waals surface area contributed by atoms with Gasteiger partial charge >= 0.3 is 0 Å². The number of thiophene rings is 1. The van der Waals surface area contributed by atoms with E-state index in [1.807, 2.05) is 13.0 Å². The fourth-order valence-electron chi connectivity index (χ4n) is 1.31. The van der Waals surface area contributed by atoms with E-state index in [2.05, 4.69) is 22.6 Å². The Kier molecular flexibility index (Phi) is 2.83. The van der Waals surface area contributed by atoms with Gasteiger partial charge in [-0.15, -0.1) is 11.3 Å². The first-order valence-corrected chi connectivity index (χ1v) is 6.15. The van der Waals surface area contributed by atoms with Crippen molar-refractivity contribution in [3.8, 4) is 11.5 Å². The molecule has 0 bridgehead atoms. The van der Waals surface area contributed by atoms with E-state index in [0.29, 0.717) is 12.4 Å². The van der Waals surface area contributed by atoms with Crippen LogP contribution in [0.5, 0.6) is 11.5 Å². The van der Waals surface area contributed by atoms with E-state index in [4.69, 9.17) is 4.74 Å². The van der Waals surface area contributed by atoms with Crippen LogP contribution >= 0.6 is 33.9 Å². The third-order valence-corrected chi connectivity index (χ3v) is 3.95. The normalized spacial score (nSPS) is 10.7. The Labute approximate surface area is 99.7 Å². The van der Waals surface area contributed by atoms with Crippen LogP contribution < -0.4 is 4.74 Å². The van der Waals surface area contributed by atoms with Crippen LogP contribution in [0.15, 0.2) is 18.2 Å². The molecule has 1 heterocycles. The lowest BCUT2D eigenvalue weighted by atomic mass is 10.2. The molecule has 0 unspecified atom stereocenters. The summed E-state index contributed by atoms with van der Waals surface area (Å²) in [7, 11) is 0. The van der Waals surface area contributed by atoms with Crippen molar-refractivity contribution in [3.05, 3.63) is 21.1 Å². The minimum absolute atomic E-state index is 0.304. The molecule has 0 aliphatic heterocycles. The summed E-state index contributed by atoms with van der Waals surface area (Å²) in [5.41, 5.74) is 0. The van der Waals surface area contributed by atoms with Crippen molar-refractivity contribution in [2.75, 3.05) is 6.61 Å². The van der Waals surface area contributed by atoms with Crippen LogP contribution in [-0.4, -0.2) is 11.7 Å². The molecule has 0 atom stereocenters. The van der Waals surface area contributed by atoms with Crippen LogP contribution in [0.25, 0.3) is 10.1 Å². The fourth-order valence-corrected chi connectivity index (χ4v) is 3.37. The Morgan fingerprint density at radius 1 is 1.50 bits per heavy atom. The first-order valence-electron chi connectivity index (χ1n) is 4.26. The van der Waals surface area contributed by atoms with Gasteiger partial charge in [0.2, 0.25) is 0 Å². The zero-order valence-electron chi connectivity index (χ0n) is 7.58. The minimum atomic E-state index is 0.304. The standard InChI is InChI=1S/C10H9IO2S/c1-2-13-9-7-4-3-6(12)5-8(7)14-10(9)11/h3-5,12H,2H2,1H3. The summed E-state index contributed by atoms with van der Waals surface area (Å²) in [5.74, 6) is 1.24. The van der Waals surface area contributed by atoms with Gasteiger partial charge in [0.05, 0.1) is 6.61 Å². The summed E-state index contributed by atoms with van der Waals surface area (Å²) in [6.07, 6.45) is 0. The second-order valence-corrected chi connectivity index (χ2v) is 5.68. The number of halogens is 1. The highest BCUT2D eigenvalue weighted by atomic mass is 127. The zero-order valence-corrected chi connectivity index (χ0v) is 10.6. The van der Waals surface area contributed by atoms with E-state index in [1.165, 1.54) is 0 Å². The van der Waals surface area contributed by atoms with E-state index >= 15 is 0 Å². The summed E-state index contributed by atoms with van der Waals surface area (Å²) >= 11 is 3.89. The molecule has 2 aromatic rings. The van der Waals surface area contributed by atoms with Crippen molar-refractivity contribution < 1.29 is 9.84 Å². The van der Waals surface area contributed by atoms with Gasteiger partial charge in [0.25, 0.3) is 0 Å². The first-order chi connectivity index (χ1) is 6.72. The molecule has 0 radical (unpaired) electrons. The van der Waals surface area contributed by atoms with Crippen LogP contribution in [0.3, 0.4) is 0 Å². The first kappa shape index (κ1) is 10.0. The lowest BCUT2D eigenvalue weighted by Crippen LogP contribution is -1.90. The van der Waals surface area contributed by atoms with Gasteiger partial charge in [-0.2, -0.15) is 0 Å². The number of hydrogen-bond acceptors (Lipinski definition) is 3. The molecule has 2 nitrogen and oxygen atoms in total. The van der Waals surface area contributed by atoms with Crippen LogP contribution in [0.1, 0.15) is 6.92 Å². The van der Waals surface area contributed by atoms with Gasteiger partial charge < -0.3 is 9.84 Å². The summed E-state index contributed by atoms with van der Waals surface area (Å²) in [4.78, 5) is 0. The number of fused-ring (bicyclic) bond motifs is 1. The second-order valence-electron chi connectivity index (χ2n) is 2.82. The number of aromatic hydroxyl groups is 1. The quantitative estimate of drug-likeness (QED) is 0.857. The maximum Gasteiger partial charge on any atom is 0.151 e. The summed E-state index contributed by atoms with van der Waals surface area (Å²) in [5, 5.41) is 10.4. The predicted molar refractivity (Wildman–Crippen MR) is 67.4 cm³/mol. The van der Waals surface area contributed by atoms with Crippen molar-refractivity contribution >= 4 is 44.0 Å². The molecule has 0 aliphatic rings. The van der Waals surface area contributed by atoms with Gasteiger partial charge in [0.15, 0.2) is 5.75 Å². The smallest absolute Gasteiger partial charge is 0.151 e. The molecule has 1 aromatic heterocycles. The molecule has 0 aliphatic carbocycles. The van der Waals surface area contributed by atoms with Gasteiger partial charge in [-0.05, 0) is 47.7 Å². The molecular formula is C10H9IO2S.